The second-order valence-electron chi connectivity index (χ2n) is 3.83. The number of carboxylic acids is 1. The molecule has 1 aromatic heterocycles. The van der Waals surface area contributed by atoms with Crippen molar-refractivity contribution in [3.8, 4) is 6.07 Å². The van der Waals surface area contributed by atoms with Crippen molar-refractivity contribution in [2.45, 2.75) is 6.92 Å². The van der Waals surface area contributed by atoms with Crippen LogP contribution in [0.25, 0.3) is 0 Å². The molecule has 2 N–H and O–H groups in total. The molecule has 0 fully saturated rings. The van der Waals surface area contributed by atoms with Crippen molar-refractivity contribution in [3.63, 3.8) is 0 Å². The molecule has 94 valence electrons. The molecule has 0 aliphatic heterocycles. The van der Waals surface area contributed by atoms with Gasteiger partial charge in [-0.05, 0) is 18.6 Å². The molecular formula is C13H10N4O2. The first kappa shape index (κ1) is 12.5. The number of aryl methyl sites for hydroxylation is 1. The predicted octanol–water partition coefficient (Wildman–Crippen LogP) is 2.10. The zero-order chi connectivity index (χ0) is 13.8. The molecular weight excluding hydrogens is 244 g/mol. The minimum Gasteiger partial charge on any atom is -0.476 e. The fraction of sp³-hybridized carbons (Fsp3) is 0.0769. The van der Waals surface area contributed by atoms with E-state index in [1.165, 1.54) is 6.20 Å². The number of aromatic nitrogens is 2. The maximum absolute atomic E-state index is 10.6. The zero-order valence-corrected chi connectivity index (χ0v) is 10.1. The van der Waals surface area contributed by atoms with Crippen LogP contribution in [0.5, 0.6) is 0 Å². The topological polar surface area (TPSA) is 98.9 Å². The summed E-state index contributed by atoms with van der Waals surface area (Å²) in [5, 5.41) is 20.7. The van der Waals surface area contributed by atoms with E-state index in [-0.39, 0.29) is 5.69 Å². The van der Waals surface area contributed by atoms with Crippen LogP contribution in [0.3, 0.4) is 0 Å². The van der Waals surface area contributed by atoms with Gasteiger partial charge in [0.2, 0.25) is 0 Å². The van der Waals surface area contributed by atoms with E-state index in [0.29, 0.717) is 17.1 Å². The Hall–Kier alpha value is -2.94. The van der Waals surface area contributed by atoms with Gasteiger partial charge in [-0.1, -0.05) is 12.1 Å². The highest BCUT2D eigenvalue weighted by atomic mass is 16.4. The molecule has 0 atom stereocenters. The second kappa shape index (κ2) is 5.14. The van der Waals surface area contributed by atoms with E-state index in [4.69, 9.17) is 10.4 Å². The number of anilines is 2. The van der Waals surface area contributed by atoms with Gasteiger partial charge in [-0.25, -0.2) is 14.8 Å². The summed E-state index contributed by atoms with van der Waals surface area (Å²) in [7, 11) is 0. The van der Waals surface area contributed by atoms with Gasteiger partial charge in [0.25, 0.3) is 0 Å². The first-order valence-corrected chi connectivity index (χ1v) is 5.44. The summed E-state index contributed by atoms with van der Waals surface area (Å²) < 4.78 is 0. The summed E-state index contributed by atoms with van der Waals surface area (Å²) in [4.78, 5) is 18.3. The number of benzene rings is 1. The summed E-state index contributed by atoms with van der Waals surface area (Å²) in [6.45, 7) is 1.84. The normalized spacial score (nSPS) is 9.68. The van der Waals surface area contributed by atoms with Crippen LogP contribution >= 0.6 is 0 Å². The summed E-state index contributed by atoms with van der Waals surface area (Å²) in [5.74, 6) is -0.751. The summed E-state index contributed by atoms with van der Waals surface area (Å²) >= 11 is 0. The van der Waals surface area contributed by atoms with Gasteiger partial charge in [0.05, 0.1) is 23.6 Å². The maximum Gasteiger partial charge on any atom is 0.356 e. The molecule has 2 rings (SSSR count). The number of carbonyl (C=O) groups is 1. The molecule has 0 amide bonds. The van der Waals surface area contributed by atoms with Crippen molar-refractivity contribution < 1.29 is 9.90 Å². The van der Waals surface area contributed by atoms with Crippen molar-refractivity contribution in [2.24, 2.45) is 0 Å². The molecule has 0 aliphatic rings. The van der Waals surface area contributed by atoms with Crippen LogP contribution in [-0.2, 0) is 0 Å². The Kier molecular flexibility index (Phi) is 3.39. The lowest BCUT2D eigenvalue weighted by Crippen LogP contribution is -2.03. The number of hydrogen-bond donors (Lipinski definition) is 2. The quantitative estimate of drug-likeness (QED) is 0.870. The number of rotatable bonds is 3. The lowest BCUT2D eigenvalue weighted by Gasteiger charge is -2.08. The van der Waals surface area contributed by atoms with E-state index < -0.39 is 5.97 Å². The number of nitrogens with one attached hydrogen (secondary N) is 1. The summed E-state index contributed by atoms with van der Waals surface area (Å²) in [6, 6.07) is 7.51. The molecule has 0 bridgehead atoms. The number of aromatic carboxylic acids is 1. The van der Waals surface area contributed by atoms with Gasteiger partial charge in [0.15, 0.2) is 5.69 Å². The molecule has 0 unspecified atom stereocenters. The standard InChI is InChI=1S/C13H10N4O2/c1-8-3-2-4-10(9(8)5-14)17-12-7-15-11(6-16-12)13(18)19/h2-4,6-7H,1H3,(H,16,17)(H,18,19). The molecule has 1 heterocycles. The van der Waals surface area contributed by atoms with Gasteiger partial charge in [-0.3, -0.25) is 0 Å². The predicted molar refractivity (Wildman–Crippen MR) is 68.2 cm³/mol. The fourth-order valence-electron chi connectivity index (χ4n) is 1.56. The third-order valence-corrected chi connectivity index (χ3v) is 2.52. The SMILES string of the molecule is Cc1cccc(Nc2cnc(C(=O)O)cn2)c1C#N. The molecule has 0 radical (unpaired) electrons. The lowest BCUT2D eigenvalue weighted by molar-refractivity contribution is 0.0690. The van der Waals surface area contributed by atoms with E-state index in [1.54, 1.807) is 6.07 Å². The van der Waals surface area contributed by atoms with Gasteiger partial charge in [0.1, 0.15) is 11.9 Å². The Bertz CT molecular complexity index is 659. The van der Waals surface area contributed by atoms with E-state index in [2.05, 4.69) is 21.4 Å². The molecule has 0 saturated carbocycles. The molecule has 1 aromatic carbocycles. The first-order valence-electron chi connectivity index (χ1n) is 5.44. The van der Waals surface area contributed by atoms with E-state index >= 15 is 0 Å². The molecule has 0 saturated heterocycles. The van der Waals surface area contributed by atoms with Crippen molar-refractivity contribution in [1.82, 2.24) is 9.97 Å². The monoisotopic (exact) mass is 254 g/mol. The second-order valence-corrected chi connectivity index (χ2v) is 3.83. The highest BCUT2D eigenvalue weighted by molar-refractivity contribution is 5.85. The number of nitriles is 1. The summed E-state index contributed by atoms with van der Waals surface area (Å²) in [5.41, 5.74) is 1.85. The van der Waals surface area contributed by atoms with Crippen molar-refractivity contribution in [1.29, 1.82) is 5.26 Å². The molecule has 0 spiro atoms. The Morgan fingerprint density at radius 3 is 2.74 bits per heavy atom. The minimum absolute atomic E-state index is 0.129. The van der Waals surface area contributed by atoms with Crippen LogP contribution in [0.1, 0.15) is 21.6 Å². The number of carboxylic acid groups (broad SMARTS) is 1. The van der Waals surface area contributed by atoms with Crippen LogP contribution in [0, 0.1) is 18.3 Å². The van der Waals surface area contributed by atoms with Gasteiger partial charge < -0.3 is 10.4 Å². The van der Waals surface area contributed by atoms with Crippen LogP contribution < -0.4 is 5.32 Å². The van der Waals surface area contributed by atoms with Crippen LogP contribution in [0.2, 0.25) is 0 Å². The number of nitrogens with zero attached hydrogens (tertiary/aromatic N) is 3. The molecule has 2 aromatic rings. The van der Waals surface area contributed by atoms with E-state index in [0.717, 1.165) is 11.8 Å². The van der Waals surface area contributed by atoms with Gasteiger partial charge >= 0.3 is 5.97 Å². The Balaban J connectivity index is 2.29. The van der Waals surface area contributed by atoms with Crippen LogP contribution in [0.4, 0.5) is 11.5 Å². The highest BCUT2D eigenvalue weighted by Gasteiger charge is 2.08. The molecule has 0 aliphatic carbocycles. The highest BCUT2D eigenvalue weighted by Crippen LogP contribution is 2.21. The average Bonchev–Trinajstić information content (AvgIpc) is 2.39. The van der Waals surface area contributed by atoms with Crippen molar-refractivity contribution in [3.05, 3.63) is 47.4 Å². The van der Waals surface area contributed by atoms with Crippen LogP contribution in [-0.4, -0.2) is 21.0 Å². The zero-order valence-electron chi connectivity index (χ0n) is 10.1. The molecule has 19 heavy (non-hydrogen) atoms. The van der Waals surface area contributed by atoms with Gasteiger partial charge in [-0.15, -0.1) is 0 Å². The van der Waals surface area contributed by atoms with Gasteiger partial charge in [0, 0.05) is 0 Å². The molecule has 6 nitrogen and oxygen atoms in total. The van der Waals surface area contributed by atoms with Crippen molar-refractivity contribution in [2.75, 3.05) is 5.32 Å². The van der Waals surface area contributed by atoms with Gasteiger partial charge in [-0.2, -0.15) is 5.26 Å². The maximum atomic E-state index is 10.6. The smallest absolute Gasteiger partial charge is 0.356 e. The van der Waals surface area contributed by atoms with Crippen molar-refractivity contribution >= 4 is 17.5 Å². The third-order valence-electron chi connectivity index (χ3n) is 2.52. The Morgan fingerprint density at radius 2 is 2.16 bits per heavy atom. The van der Waals surface area contributed by atoms with Crippen LogP contribution in [0.15, 0.2) is 30.6 Å². The third kappa shape index (κ3) is 2.66. The van der Waals surface area contributed by atoms with E-state index in [1.807, 2.05) is 19.1 Å². The Labute approximate surface area is 109 Å². The Morgan fingerprint density at radius 1 is 1.37 bits per heavy atom. The first-order chi connectivity index (χ1) is 9.11. The van der Waals surface area contributed by atoms with E-state index in [9.17, 15) is 4.79 Å². The lowest BCUT2D eigenvalue weighted by atomic mass is 10.1. The fourth-order valence-corrected chi connectivity index (χ4v) is 1.56. The largest absolute Gasteiger partial charge is 0.476 e. The number of hydrogen-bond acceptors (Lipinski definition) is 5. The summed E-state index contributed by atoms with van der Waals surface area (Å²) in [6.07, 6.45) is 2.47. The average molecular weight is 254 g/mol. The molecule has 6 heteroatoms. The minimum atomic E-state index is -1.13.